The van der Waals surface area contributed by atoms with Crippen LogP contribution in [-0.2, 0) is 7.05 Å². The molecule has 4 aromatic rings. The number of urea groups is 1. The van der Waals surface area contributed by atoms with Crippen LogP contribution < -0.4 is 15.4 Å². The van der Waals surface area contributed by atoms with E-state index in [0.717, 1.165) is 24.1 Å². The van der Waals surface area contributed by atoms with Crippen molar-refractivity contribution in [2.75, 3.05) is 10.6 Å². The van der Waals surface area contributed by atoms with Crippen molar-refractivity contribution in [3.05, 3.63) is 66.5 Å². The van der Waals surface area contributed by atoms with Gasteiger partial charge in [-0.25, -0.2) is 9.18 Å². The third kappa shape index (κ3) is 4.90. The van der Waals surface area contributed by atoms with Crippen LogP contribution in [-0.4, -0.2) is 26.0 Å². The fraction of sp³-hybridized carbons (Fsp3) is 0.250. The van der Waals surface area contributed by atoms with Crippen LogP contribution in [0.2, 0.25) is 0 Å². The number of benzene rings is 1. The second-order valence-corrected chi connectivity index (χ2v) is 8.20. The van der Waals surface area contributed by atoms with Crippen molar-refractivity contribution < 1.29 is 18.4 Å². The molecule has 34 heavy (non-hydrogen) atoms. The topological polar surface area (TPSA) is 107 Å². The number of ether oxygens (including phenoxy) is 1. The lowest BCUT2D eigenvalue weighted by molar-refractivity contribution is 0.261. The normalized spacial score (nSPS) is 13.7. The van der Waals surface area contributed by atoms with Crippen molar-refractivity contribution in [1.82, 2.24) is 19.9 Å². The summed E-state index contributed by atoms with van der Waals surface area (Å²) in [6, 6.07) is 8.70. The number of aryl methyl sites for hydroxylation is 1. The van der Waals surface area contributed by atoms with Crippen LogP contribution in [0.4, 0.5) is 20.8 Å². The van der Waals surface area contributed by atoms with Gasteiger partial charge in [0.15, 0.2) is 0 Å². The Hall–Kier alpha value is -4.21. The maximum absolute atomic E-state index is 14.6. The smallest absolute Gasteiger partial charge is 0.326 e. The predicted molar refractivity (Wildman–Crippen MR) is 123 cm³/mol. The van der Waals surface area contributed by atoms with Crippen molar-refractivity contribution >= 4 is 17.6 Å². The van der Waals surface area contributed by atoms with E-state index < -0.39 is 11.8 Å². The first-order valence-corrected chi connectivity index (χ1v) is 11.0. The van der Waals surface area contributed by atoms with Crippen LogP contribution in [0, 0.1) is 5.82 Å². The third-order valence-corrected chi connectivity index (χ3v) is 5.70. The van der Waals surface area contributed by atoms with Gasteiger partial charge in [0, 0.05) is 49.1 Å². The van der Waals surface area contributed by atoms with Crippen LogP contribution in [0.15, 0.2) is 59.5 Å². The second kappa shape index (κ2) is 9.34. The molecule has 9 nitrogen and oxygen atoms in total. The Morgan fingerprint density at radius 2 is 1.97 bits per heavy atom. The number of anilines is 2. The average Bonchev–Trinajstić information content (AvgIpc) is 3.58. The second-order valence-electron chi connectivity index (χ2n) is 8.20. The van der Waals surface area contributed by atoms with E-state index in [0.29, 0.717) is 17.4 Å². The highest BCUT2D eigenvalue weighted by Gasteiger charge is 2.21. The maximum Gasteiger partial charge on any atom is 0.326 e. The standard InChI is InChI=1S/C24H23FN6O3/c1-31-14-16(13-27-31)21-11-18(8-9-26-21)33-17-6-7-20(19(25)10-17)28-24(32)29-23-12-22(30-34-23)15-4-2-3-5-15/h6-15H,2-5H2,1H3,(H2,28,29,32). The lowest BCUT2D eigenvalue weighted by atomic mass is 10.0. The monoisotopic (exact) mass is 462 g/mol. The van der Waals surface area contributed by atoms with Gasteiger partial charge in [0.05, 0.1) is 23.3 Å². The molecule has 0 atom stereocenters. The Bertz CT molecular complexity index is 1310. The molecule has 0 unspecified atom stereocenters. The SMILES string of the molecule is Cn1cc(-c2cc(Oc3ccc(NC(=O)Nc4cc(C5CCCC5)no4)c(F)c3)ccn2)cn1. The highest BCUT2D eigenvalue weighted by molar-refractivity contribution is 5.99. The molecule has 0 radical (unpaired) electrons. The average molecular weight is 462 g/mol. The summed E-state index contributed by atoms with van der Waals surface area (Å²) in [7, 11) is 1.82. The number of aromatic nitrogens is 4. The minimum absolute atomic E-state index is 0.00570. The van der Waals surface area contributed by atoms with Crippen LogP contribution in [0.25, 0.3) is 11.3 Å². The van der Waals surface area contributed by atoms with Gasteiger partial charge in [0.1, 0.15) is 17.3 Å². The number of halogens is 1. The number of rotatable bonds is 6. The zero-order chi connectivity index (χ0) is 23.5. The van der Waals surface area contributed by atoms with E-state index >= 15 is 0 Å². The summed E-state index contributed by atoms with van der Waals surface area (Å²) < 4.78 is 27.3. The van der Waals surface area contributed by atoms with Crippen molar-refractivity contribution in [2.24, 2.45) is 7.05 Å². The molecule has 3 heterocycles. The minimum atomic E-state index is -0.640. The number of hydrogen-bond donors (Lipinski definition) is 2. The number of pyridine rings is 1. The van der Waals surface area contributed by atoms with Gasteiger partial charge >= 0.3 is 6.03 Å². The molecular formula is C24H23FN6O3. The van der Waals surface area contributed by atoms with Crippen LogP contribution in [0.5, 0.6) is 11.5 Å². The molecule has 0 spiro atoms. The Morgan fingerprint density at radius 3 is 2.74 bits per heavy atom. The molecule has 1 saturated carbocycles. The molecule has 174 valence electrons. The highest BCUT2D eigenvalue weighted by Crippen LogP contribution is 2.34. The largest absolute Gasteiger partial charge is 0.457 e. The first-order chi connectivity index (χ1) is 16.5. The maximum atomic E-state index is 14.6. The summed E-state index contributed by atoms with van der Waals surface area (Å²) in [5.74, 6) is 0.729. The molecular weight excluding hydrogens is 439 g/mol. The number of carbonyl (C=O) groups is 1. The van der Waals surface area contributed by atoms with E-state index in [2.05, 4.69) is 25.9 Å². The number of nitrogens with one attached hydrogen (secondary N) is 2. The molecule has 0 saturated heterocycles. The predicted octanol–water partition coefficient (Wildman–Crippen LogP) is 5.70. The molecule has 1 aliphatic rings. The van der Waals surface area contributed by atoms with Crippen molar-refractivity contribution in [3.63, 3.8) is 0 Å². The van der Waals surface area contributed by atoms with Gasteiger partial charge in [0.25, 0.3) is 0 Å². The molecule has 5 rings (SSSR count). The van der Waals surface area contributed by atoms with Gasteiger partial charge in [0.2, 0.25) is 5.88 Å². The summed E-state index contributed by atoms with van der Waals surface area (Å²) >= 11 is 0. The molecule has 2 N–H and O–H groups in total. The van der Waals surface area contributed by atoms with E-state index in [9.17, 15) is 9.18 Å². The fourth-order valence-electron chi connectivity index (χ4n) is 4.01. The van der Waals surface area contributed by atoms with Gasteiger partial charge in [-0.15, -0.1) is 0 Å². The molecule has 1 fully saturated rings. The highest BCUT2D eigenvalue weighted by atomic mass is 19.1. The van der Waals surface area contributed by atoms with E-state index in [1.165, 1.54) is 25.0 Å². The molecule has 0 bridgehead atoms. The third-order valence-electron chi connectivity index (χ3n) is 5.70. The first kappa shape index (κ1) is 21.6. The Balaban J connectivity index is 1.21. The van der Waals surface area contributed by atoms with Crippen LogP contribution in [0.3, 0.4) is 0 Å². The summed E-state index contributed by atoms with van der Waals surface area (Å²) in [6.07, 6.45) is 9.64. The molecule has 1 aromatic carbocycles. The van der Waals surface area contributed by atoms with Gasteiger partial charge < -0.3 is 14.6 Å². The lowest BCUT2D eigenvalue weighted by Crippen LogP contribution is -2.19. The number of amides is 2. The van der Waals surface area contributed by atoms with Crippen molar-refractivity contribution in [3.8, 4) is 22.8 Å². The van der Waals surface area contributed by atoms with E-state index in [4.69, 9.17) is 9.26 Å². The fourth-order valence-corrected chi connectivity index (χ4v) is 4.01. The number of hydrogen-bond acceptors (Lipinski definition) is 6. The minimum Gasteiger partial charge on any atom is -0.457 e. The van der Waals surface area contributed by atoms with Gasteiger partial charge in [-0.05, 0) is 31.0 Å². The first-order valence-electron chi connectivity index (χ1n) is 11.0. The Morgan fingerprint density at radius 1 is 1.15 bits per heavy atom. The van der Waals surface area contributed by atoms with Gasteiger partial charge in [-0.2, -0.15) is 5.10 Å². The quantitative estimate of drug-likeness (QED) is 0.380. The molecule has 1 aliphatic carbocycles. The van der Waals surface area contributed by atoms with E-state index in [-0.39, 0.29) is 17.3 Å². The van der Waals surface area contributed by atoms with Crippen molar-refractivity contribution in [1.29, 1.82) is 0 Å². The number of nitrogens with zero attached hydrogens (tertiary/aromatic N) is 4. The van der Waals surface area contributed by atoms with E-state index in [1.807, 2.05) is 13.2 Å². The summed E-state index contributed by atoms with van der Waals surface area (Å²) in [6.45, 7) is 0. The van der Waals surface area contributed by atoms with Gasteiger partial charge in [-0.3, -0.25) is 15.0 Å². The zero-order valence-corrected chi connectivity index (χ0v) is 18.5. The summed E-state index contributed by atoms with van der Waals surface area (Å²) in [4.78, 5) is 16.6. The van der Waals surface area contributed by atoms with Crippen LogP contribution >= 0.6 is 0 Å². The Labute approximate surface area is 194 Å². The zero-order valence-electron chi connectivity index (χ0n) is 18.5. The van der Waals surface area contributed by atoms with Gasteiger partial charge in [-0.1, -0.05) is 18.0 Å². The summed E-state index contributed by atoms with van der Waals surface area (Å²) in [5, 5.41) is 13.2. The lowest BCUT2D eigenvalue weighted by Gasteiger charge is -2.10. The Kier molecular flexibility index (Phi) is 5.94. The molecule has 10 heteroatoms. The molecule has 3 aromatic heterocycles. The number of carbonyl (C=O) groups excluding carboxylic acids is 1. The van der Waals surface area contributed by atoms with E-state index in [1.54, 1.807) is 41.3 Å². The molecule has 0 aliphatic heterocycles. The summed E-state index contributed by atoms with van der Waals surface area (Å²) in [5.41, 5.74) is 2.37. The van der Waals surface area contributed by atoms with Crippen LogP contribution in [0.1, 0.15) is 37.3 Å². The van der Waals surface area contributed by atoms with Crippen molar-refractivity contribution in [2.45, 2.75) is 31.6 Å². The molecule has 2 amide bonds.